The summed E-state index contributed by atoms with van der Waals surface area (Å²) in [5.74, 6) is -0.715. The number of carbonyl (C=O) groups excluding carboxylic acids is 3. The molecule has 0 atom stereocenters. The van der Waals surface area contributed by atoms with E-state index in [0.717, 1.165) is 5.56 Å². The third kappa shape index (κ3) is 7.34. The van der Waals surface area contributed by atoms with Crippen LogP contribution in [0.15, 0.2) is 24.3 Å². The summed E-state index contributed by atoms with van der Waals surface area (Å²) in [6, 6.07) is 5.39. The molecular weight excluding hydrogens is 351 g/mol. The second kappa shape index (κ2) is 8.94. The molecule has 7 nitrogen and oxygen atoms in total. The third-order valence-corrected chi connectivity index (χ3v) is 4.10. The van der Waals surface area contributed by atoms with Crippen LogP contribution in [0.2, 0.25) is 0 Å². The van der Waals surface area contributed by atoms with Gasteiger partial charge in [-0.25, -0.2) is 9.18 Å². The minimum absolute atomic E-state index is 0.0183. The Morgan fingerprint density at radius 1 is 1.04 bits per heavy atom. The molecule has 0 spiro atoms. The maximum atomic E-state index is 12.9. The highest BCUT2D eigenvalue weighted by Gasteiger charge is 2.23. The summed E-state index contributed by atoms with van der Waals surface area (Å²) in [7, 11) is 0. The zero-order valence-electron chi connectivity index (χ0n) is 16.0. The van der Waals surface area contributed by atoms with Gasteiger partial charge in [0, 0.05) is 31.7 Å². The number of nitrogens with zero attached hydrogens (tertiary/aromatic N) is 2. The molecule has 1 saturated heterocycles. The molecule has 0 aromatic heterocycles. The van der Waals surface area contributed by atoms with E-state index < -0.39 is 11.6 Å². The van der Waals surface area contributed by atoms with Crippen LogP contribution in [0.25, 0.3) is 0 Å². The number of carbonyl (C=O) groups is 3. The van der Waals surface area contributed by atoms with Crippen molar-refractivity contribution >= 4 is 17.8 Å². The van der Waals surface area contributed by atoms with Gasteiger partial charge in [0.25, 0.3) is 0 Å². The predicted molar refractivity (Wildman–Crippen MR) is 99.6 cm³/mol. The Balaban J connectivity index is 1.73. The molecule has 1 fully saturated rings. The van der Waals surface area contributed by atoms with Crippen molar-refractivity contribution in [2.75, 3.05) is 32.7 Å². The molecule has 0 aliphatic carbocycles. The molecule has 2 rings (SSSR count). The summed E-state index contributed by atoms with van der Waals surface area (Å²) in [6.07, 6.45) is 0.230. The van der Waals surface area contributed by atoms with Crippen LogP contribution < -0.4 is 10.6 Å². The molecule has 1 aromatic carbocycles. The van der Waals surface area contributed by atoms with E-state index in [9.17, 15) is 18.8 Å². The molecule has 1 aliphatic heterocycles. The number of urea groups is 1. The van der Waals surface area contributed by atoms with Gasteiger partial charge in [0.2, 0.25) is 11.8 Å². The van der Waals surface area contributed by atoms with Crippen LogP contribution in [-0.4, -0.2) is 65.9 Å². The van der Waals surface area contributed by atoms with E-state index >= 15 is 0 Å². The van der Waals surface area contributed by atoms with Gasteiger partial charge in [-0.2, -0.15) is 0 Å². The lowest BCUT2D eigenvalue weighted by atomic mass is 10.1. The van der Waals surface area contributed by atoms with Crippen molar-refractivity contribution in [2.45, 2.75) is 32.7 Å². The smallest absolute Gasteiger partial charge is 0.321 e. The van der Waals surface area contributed by atoms with Gasteiger partial charge in [0.05, 0.1) is 13.0 Å². The Morgan fingerprint density at radius 3 is 2.19 bits per heavy atom. The quantitative estimate of drug-likeness (QED) is 0.823. The SMILES string of the molecule is CC(C)(C)NC(=O)NC(=O)CN1CCN(C(=O)Cc2ccc(F)cc2)CC1. The van der Waals surface area contributed by atoms with E-state index in [0.29, 0.717) is 26.2 Å². The third-order valence-electron chi connectivity index (χ3n) is 4.10. The van der Waals surface area contributed by atoms with Gasteiger partial charge >= 0.3 is 6.03 Å². The summed E-state index contributed by atoms with van der Waals surface area (Å²) in [4.78, 5) is 39.7. The molecule has 1 heterocycles. The summed E-state index contributed by atoms with van der Waals surface area (Å²) < 4.78 is 12.9. The fraction of sp³-hybridized carbons (Fsp3) is 0.526. The van der Waals surface area contributed by atoms with Crippen molar-refractivity contribution in [3.63, 3.8) is 0 Å². The minimum Gasteiger partial charge on any atom is -0.340 e. The molecule has 4 amide bonds. The summed E-state index contributed by atoms with van der Waals surface area (Å²) >= 11 is 0. The summed E-state index contributed by atoms with van der Waals surface area (Å²) in [5, 5.41) is 4.98. The topological polar surface area (TPSA) is 81.8 Å². The number of amides is 4. The normalized spacial score (nSPS) is 15.3. The first-order chi connectivity index (χ1) is 12.6. The highest BCUT2D eigenvalue weighted by atomic mass is 19.1. The molecule has 148 valence electrons. The number of halogens is 1. The Labute approximate surface area is 158 Å². The molecule has 8 heteroatoms. The number of hydrogen-bond acceptors (Lipinski definition) is 4. The molecule has 1 aromatic rings. The summed E-state index contributed by atoms with van der Waals surface area (Å²) in [5.41, 5.74) is 0.356. The minimum atomic E-state index is -0.513. The van der Waals surface area contributed by atoms with Crippen molar-refractivity contribution in [1.29, 1.82) is 0 Å². The van der Waals surface area contributed by atoms with Crippen LogP contribution in [0, 0.1) is 5.82 Å². The van der Waals surface area contributed by atoms with E-state index in [1.807, 2.05) is 25.7 Å². The van der Waals surface area contributed by atoms with E-state index in [-0.39, 0.29) is 30.6 Å². The second-order valence-corrected chi connectivity index (χ2v) is 7.71. The molecule has 0 saturated carbocycles. The van der Waals surface area contributed by atoms with Crippen LogP contribution >= 0.6 is 0 Å². The van der Waals surface area contributed by atoms with Crippen LogP contribution in [0.3, 0.4) is 0 Å². The van der Waals surface area contributed by atoms with Crippen LogP contribution in [0.5, 0.6) is 0 Å². The lowest BCUT2D eigenvalue weighted by Gasteiger charge is -2.34. The number of rotatable bonds is 4. The van der Waals surface area contributed by atoms with Gasteiger partial charge < -0.3 is 10.2 Å². The molecule has 0 bridgehead atoms. The van der Waals surface area contributed by atoms with Crippen molar-refractivity contribution in [2.24, 2.45) is 0 Å². The van der Waals surface area contributed by atoms with E-state index in [2.05, 4.69) is 10.6 Å². The fourth-order valence-electron chi connectivity index (χ4n) is 2.79. The van der Waals surface area contributed by atoms with Crippen molar-refractivity contribution < 1.29 is 18.8 Å². The zero-order chi connectivity index (χ0) is 20.0. The van der Waals surface area contributed by atoms with Gasteiger partial charge in [0.1, 0.15) is 5.82 Å². The highest BCUT2D eigenvalue weighted by Crippen LogP contribution is 2.08. The molecule has 0 unspecified atom stereocenters. The Morgan fingerprint density at radius 2 is 1.63 bits per heavy atom. The van der Waals surface area contributed by atoms with Crippen molar-refractivity contribution in [3.8, 4) is 0 Å². The molecular formula is C19H27FN4O3. The first-order valence-electron chi connectivity index (χ1n) is 8.99. The van der Waals surface area contributed by atoms with Crippen LogP contribution in [0.4, 0.5) is 9.18 Å². The van der Waals surface area contributed by atoms with Gasteiger partial charge in [-0.3, -0.25) is 19.8 Å². The second-order valence-electron chi connectivity index (χ2n) is 7.71. The maximum Gasteiger partial charge on any atom is 0.321 e. The summed E-state index contributed by atoms with van der Waals surface area (Å²) in [6.45, 7) is 7.76. The lowest BCUT2D eigenvalue weighted by molar-refractivity contribution is -0.132. The van der Waals surface area contributed by atoms with Crippen LogP contribution in [-0.2, 0) is 16.0 Å². The highest BCUT2D eigenvalue weighted by molar-refractivity contribution is 5.95. The number of imide groups is 1. The largest absolute Gasteiger partial charge is 0.340 e. The van der Waals surface area contributed by atoms with Gasteiger partial charge in [-0.05, 0) is 38.5 Å². The van der Waals surface area contributed by atoms with Gasteiger partial charge in [-0.1, -0.05) is 12.1 Å². The first kappa shape index (κ1) is 20.8. The van der Waals surface area contributed by atoms with Gasteiger partial charge in [0.15, 0.2) is 0 Å². The predicted octanol–water partition coefficient (Wildman–Crippen LogP) is 1.14. The van der Waals surface area contributed by atoms with E-state index in [1.54, 1.807) is 17.0 Å². The number of nitrogens with one attached hydrogen (secondary N) is 2. The number of hydrogen-bond donors (Lipinski definition) is 2. The fourth-order valence-corrected chi connectivity index (χ4v) is 2.79. The monoisotopic (exact) mass is 378 g/mol. The lowest BCUT2D eigenvalue weighted by Crippen LogP contribution is -2.53. The molecule has 0 radical (unpaired) electrons. The van der Waals surface area contributed by atoms with Crippen LogP contribution in [0.1, 0.15) is 26.3 Å². The molecule has 2 N–H and O–H groups in total. The van der Waals surface area contributed by atoms with Gasteiger partial charge in [-0.15, -0.1) is 0 Å². The zero-order valence-corrected chi connectivity index (χ0v) is 16.0. The average Bonchev–Trinajstić information content (AvgIpc) is 2.55. The van der Waals surface area contributed by atoms with Crippen molar-refractivity contribution in [3.05, 3.63) is 35.6 Å². The van der Waals surface area contributed by atoms with E-state index in [4.69, 9.17) is 0 Å². The number of benzene rings is 1. The Kier molecular flexibility index (Phi) is 6.90. The average molecular weight is 378 g/mol. The molecule has 27 heavy (non-hydrogen) atoms. The maximum absolute atomic E-state index is 12.9. The Hall–Kier alpha value is -2.48. The molecule has 1 aliphatic rings. The van der Waals surface area contributed by atoms with Crippen molar-refractivity contribution in [1.82, 2.24) is 20.4 Å². The Bertz CT molecular complexity index is 677. The standard InChI is InChI=1S/C19H27FN4O3/c1-19(2,3)22-18(27)21-16(25)13-23-8-10-24(11-9-23)17(26)12-14-4-6-15(20)7-5-14/h4-7H,8-13H2,1-3H3,(H2,21,22,25,27). The first-order valence-corrected chi connectivity index (χ1v) is 8.99. The van der Waals surface area contributed by atoms with E-state index in [1.165, 1.54) is 12.1 Å². The number of piperazine rings is 1.